The first-order valence-corrected chi connectivity index (χ1v) is 5.85. The number of hydrogen-bond acceptors (Lipinski definition) is 3. The first-order chi connectivity index (χ1) is 9.20. The Hall–Kier alpha value is -2.51. The molecule has 0 radical (unpaired) electrons. The lowest BCUT2D eigenvalue weighted by atomic mass is 10.1. The number of carbonyl (C=O) groups excluding carboxylic acids is 1. The molecular weight excluding hydrogens is 240 g/mol. The van der Waals surface area contributed by atoms with E-state index >= 15 is 0 Å². The Labute approximate surface area is 111 Å². The lowest BCUT2D eigenvalue weighted by Gasteiger charge is -2.05. The molecule has 2 rings (SSSR count). The Morgan fingerprint density at radius 1 is 1.42 bits per heavy atom. The molecule has 0 aliphatic rings. The van der Waals surface area contributed by atoms with Crippen LogP contribution in [-0.4, -0.2) is 12.5 Å². The zero-order valence-corrected chi connectivity index (χ0v) is 10.6. The van der Waals surface area contributed by atoms with E-state index in [0.29, 0.717) is 12.2 Å². The summed E-state index contributed by atoms with van der Waals surface area (Å²) in [5.41, 5.74) is 7.92. The molecule has 0 atom stereocenters. The second-order valence-corrected chi connectivity index (χ2v) is 3.97. The summed E-state index contributed by atoms with van der Waals surface area (Å²) in [6.07, 6.45) is 1.46. The highest BCUT2D eigenvalue weighted by Crippen LogP contribution is 2.15. The van der Waals surface area contributed by atoms with Gasteiger partial charge < -0.3 is 15.5 Å². The third-order valence-electron chi connectivity index (χ3n) is 2.57. The summed E-state index contributed by atoms with van der Waals surface area (Å²) in [5.74, 6) is 5.76. The number of furan rings is 1. The Kier molecular flexibility index (Phi) is 4.01. The first-order valence-electron chi connectivity index (χ1n) is 5.85. The first kappa shape index (κ1) is 12.9. The highest BCUT2D eigenvalue weighted by molar-refractivity contribution is 6.02. The van der Waals surface area contributed by atoms with Crippen molar-refractivity contribution in [2.24, 2.45) is 5.73 Å². The quantitative estimate of drug-likeness (QED) is 0.807. The molecule has 1 amide bonds. The van der Waals surface area contributed by atoms with Crippen molar-refractivity contribution < 1.29 is 9.21 Å². The van der Waals surface area contributed by atoms with Crippen LogP contribution in [0.25, 0.3) is 0 Å². The van der Waals surface area contributed by atoms with Crippen LogP contribution in [0, 0.1) is 18.8 Å². The fourth-order valence-electron chi connectivity index (χ4n) is 1.58. The summed E-state index contributed by atoms with van der Waals surface area (Å²) in [6, 6.07) is 8.82. The maximum atomic E-state index is 11.8. The van der Waals surface area contributed by atoms with Crippen LogP contribution in [0.15, 0.2) is 41.0 Å². The van der Waals surface area contributed by atoms with Gasteiger partial charge in [-0.1, -0.05) is 17.9 Å². The van der Waals surface area contributed by atoms with Crippen molar-refractivity contribution in [3.63, 3.8) is 0 Å². The molecule has 1 aromatic heterocycles. The van der Waals surface area contributed by atoms with E-state index in [4.69, 9.17) is 10.2 Å². The van der Waals surface area contributed by atoms with Crippen LogP contribution in [0.1, 0.15) is 21.7 Å². The molecule has 3 N–H and O–H groups in total. The minimum Gasteiger partial charge on any atom is -0.459 e. The Balaban J connectivity index is 2.19. The molecule has 0 aliphatic heterocycles. The van der Waals surface area contributed by atoms with Gasteiger partial charge in [-0.15, -0.1) is 0 Å². The standard InChI is InChI=1S/C15H14N2O2/c1-11-6-7-13(10-12(11)4-2-8-16)17-15(18)14-5-3-9-19-14/h3,5-7,9-10H,8,16H2,1H3,(H,17,18). The van der Waals surface area contributed by atoms with E-state index in [0.717, 1.165) is 11.1 Å². The van der Waals surface area contributed by atoms with Gasteiger partial charge in [-0.25, -0.2) is 0 Å². The van der Waals surface area contributed by atoms with Gasteiger partial charge in [0.1, 0.15) is 0 Å². The van der Waals surface area contributed by atoms with Gasteiger partial charge in [0.05, 0.1) is 12.8 Å². The average Bonchev–Trinajstić information content (AvgIpc) is 2.93. The number of amides is 1. The van der Waals surface area contributed by atoms with Crippen LogP contribution in [0.5, 0.6) is 0 Å². The molecule has 0 fully saturated rings. The van der Waals surface area contributed by atoms with Crippen LogP contribution < -0.4 is 11.1 Å². The smallest absolute Gasteiger partial charge is 0.291 e. The summed E-state index contributed by atoms with van der Waals surface area (Å²) in [5, 5.41) is 2.76. The molecule has 19 heavy (non-hydrogen) atoms. The normalized spacial score (nSPS) is 9.58. The van der Waals surface area contributed by atoms with Crippen molar-refractivity contribution in [1.29, 1.82) is 0 Å². The molecule has 0 aliphatic carbocycles. The van der Waals surface area contributed by atoms with E-state index in [9.17, 15) is 4.79 Å². The minimum absolute atomic E-state index is 0.273. The third-order valence-corrected chi connectivity index (χ3v) is 2.57. The fraction of sp³-hybridized carbons (Fsp3) is 0.133. The molecule has 0 bridgehead atoms. The monoisotopic (exact) mass is 254 g/mol. The second kappa shape index (κ2) is 5.89. The maximum absolute atomic E-state index is 11.8. The van der Waals surface area contributed by atoms with Crippen molar-refractivity contribution in [1.82, 2.24) is 0 Å². The maximum Gasteiger partial charge on any atom is 0.291 e. The minimum atomic E-state index is -0.286. The molecular formula is C15H14N2O2. The fourth-order valence-corrected chi connectivity index (χ4v) is 1.58. The number of rotatable bonds is 2. The van der Waals surface area contributed by atoms with E-state index in [1.165, 1.54) is 6.26 Å². The predicted octanol–water partition coefficient (Wildman–Crippen LogP) is 2.15. The number of carbonyl (C=O) groups is 1. The summed E-state index contributed by atoms with van der Waals surface area (Å²) in [6.45, 7) is 2.26. The highest BCUT2D eigenvalue weighted by Gasteiger charge is 2.09. The van der Waals surface area contributed by atoms with Crippen molar-refractivity contribution in [2.45, 2.75) is 6.92 Å². The highest BCUT2D eigenvalue weighted by atomic mass is 16.3. The Morgan fingerprint density at radius 2 is 2.26 bits per heavy atom. The average molecular weight is 254 g/mol. The number of benzene rings is 1. The van der Waals surface area contributed by atoms with Gasteiger partial charge in [-0.3, -0.25) is 4.79 Å². The van der Waals surface area contributed by atoms with E-state index in [2.05, 4.69) is 17.2 Å². The molecule has 1 heterocycles. The Bertz CT molecular complexity index is 634. The van der Waals surface area contributed by atoms with E-state index in [-0.39, 0.29) is 11.7 Å². The van der Waals surface area contributed by atoms with Crippen LogP contribution in [0.4, 0.5) is 5.69 Å². The van der Waals surface area contributed by atoms with Crippen LogP contribution in [-0.2, 0) is 0 Å². The lowest BCUT2D eigenvalue weighted by Crippen LogP contribution is -2.11. The summed E-state index contributed by atoms with van der Waals surface area (Å²) >= 11 is 0. The van der Waals surface area contributed by atoms with Gasteiger partial charge in [0, 0.05) is 11.3 Å². The van der Waals surface area contributed by atoms with E-state index in [1.54, 1.807) is 12.1 Å². The van der Waals surface area contributed by atoms with Crippen molar-refractivity contribution >= 4 is 11.6 Å². The molecule has 0 saturated carbocycles. The van der Waals surface area contributed by atoms with Gasteiger partial charge in [0.2, 0.25) is 0 Å². The Morgan fingerprint density at radius 3 is 2.95 bits per heavy atom. The molecule has 96 valence electrons. The summed E-state index contributed by atoms with van der Waals surface area (Å²) in [7, 11) is 0. The molecule has 0 saturated heterocycles. The van der Waals surface area contributed by atoms with Gasteiger partial charge in [0.25, 0.3) is 5.91 Å². The summed E-state index contributed by atoms with van der Waals surface area (Å²) in [4.78, 5) is 11.8. The van der Waals surface area contributed by atoms with Crippen LogP contribution in [0.2, 0.25) is 0 Å². The zero-order chi connectivity index (χ0) is 13.7. The van der Waals surface area contributed by atoms with E-state index < -0.39 is 0 Å². The molecule has 4 nitrogen and oxygen atoms in total. The third kappa shape index (κ3) is 3.24. The van der Waals surface area contributed by atoms with Crippen LogP contribution in [0.3, 0.4) is 0 Å². The number of anilines is 1. The summed E-state index contributed by atoms with van der Waals surface area (Å²) < 4.78 is 5.03. The number of nitrogens with one attached hydrogen (secondary N) is 1. The van der Waals surface area contributed by atoms with Gasteiger partial charge in [-0.2, -0.15) is 0 Å². The second-order valence-electron chi connectivity index (χ2n) is 3.97. The lowest BCUT2D eigenvalue weighted by molar-refractivity contribution is 0.0996. The van der Waals surface area contributed by atoms with Crippen molar-refractivity contribution in [3.05, 3.63) is 53.5 Å². The zero-order valence-electron chi connectivity index (χ0n) is 10.6. The van der Waals surface area contributed by atoms with E-state index in [1.807, 2.05) is 25.1 Å². The largest absolute Gasteiger partial charge is 0.459 e. The number of hydrogen-bond donors (Lipinski definition) is 2. The number of nitrogens with two attached hydrogens (primary N) is 1. The molecule has 4 heteroatoms. The molecule has 0 unspecified atom stereocenters. The van der Waals surface area contributed by atoms with Crippen LogP contribution >= 0.6 is 0 Å². The molecule has 2 aromatic rings. The van der Waals surface area contributed by atoms with Crippen molar-refractivity contribution in [2.75, 3.05) is 11.9 Å². The van der Waals surface area contributed by atoms with Crippen molar-refractivity contribution in [3.8, 4) is 11.8 Å². The topological polar surface area (TPSA) is 68.3 Å². The number of aryl methyl sites for hydroxylation is 1. The van der Waals surface area contributed by atoms with Gasteiger partial charge in [0.15, 0.2) is 5.76 Å². The predicted molar refractivity (Wildman–Crippen MR) is 73.8 cm³/mol. The van der Waals surface area contributed by atoms with Gasteiger partial charge >= 0.3 is 0 Å². The SMILES string of the molecule is Cc1ccc(NC(=O)c2ccco2)cc1C#CCN. The molecule has 0 spiro atoms. The van der Waals surface area contributed by atoms with Gasteiger partial charge in [-0.05, 0) is 36.8 Å². The molecule has 1 aromatic carbocycles.